The molecule has 1 aromatic heterocycles. The van der Waals surface area contributed by atoms with Crippen LogP contribution in [0.1, 0.15) is 26.7 Å². The van der Waals surface area contributed by atoms with E-state index in [0.717, 1.165) is 0 Å². The molecule has 2 unspecified atom stereocenters. The van der Waals surface area contributed by atoms with E-state index >= 15 is 0 Å². The summed E-state index contributed by atoms with van der Waals surface area (Å²) in [6.45, 7) is 4.83. The summed E-state index contributed by atoms with van der Waals surface area (Å²) >= 11 is 1.87. The van der Waals surface area contributed by atoms with E-state index in [1.807, 2.05) is 11.3 Å². The highest BCUT2D eigenvalue weighted by atomic mass is 32.1. The lowest BCUT2D eigenvalue weighted by atomic mass is 9.72. The van der Waals surface area contributed by atoms with Crippen LogP contribution in [0.3, 0.4) is 0 Å². The Bertz CT molecular complexity index is 1260. The summed E-state index contributed by atoms with van der Waals surface area (Å²) < 4.78 is 2.70. The van der Waals surface area contributed by atoms with E-state index in [1.54, 1.807) is 11.1 Å². The highest BCUT2D eigenvalue weighted by molar-refractivity contribution is 7.25. The van der Waals surface area contributed by atoms with Crippen molar-refractivity contribution in [3.63, 3.8) is 0 Å². The van der Waals surface area contributed by atoms with Gasteiger partial charge in [0.25, 0.3) is 0 Å². The van der Waals surface area contributed by atoms with E-state index in [0.29, 0.717) is 11.8 Å². The van der Waals surface area contributed by atoms with Crippen LogP contribution in [0.4, 0.5) is 5.69 Å². The van der Waals surface area contributed by atoms with Crippen LogP contribution < -0.4 is 5.32 Å². The minimum absolute atomic E-state index is 0.198. The molecule has 2 atom stereocenters. The summed E-state index contributed by atoms with van der Waals surface area (Å²) in [6, 6.07) is 15.5. The maximum atomic E-state index is 3.69. The van der Waals surface area contributed by atoms with Crippen molar-refractivity contribution in [1.29, 1.82) is 0 Å². The summed E-state index contributed by atoms with van der Waals surface area (Å²) in [7, 11) is 0. The number of allylic oxidation sites excluding steroid dienone is 7. The second kappa shape index (κ2) is 6.21. The highest BCUT2D eigenvalue weighted by Crippen LogP contribution is 2.56. The molecule has 3 aliphatic carbocycles. The zero-order valence-corrected chi connectivity index (χ0v) is 17.7. The van der Waals surface area contributed by atoms with Gasteiger partial charge in [0.2, 0.25) is 0 Å². The van der Waals surface area contributed by atoms with E-state index < -0.39 is 0 Å². The summed E-state index contributed by atoms with van der Waals surface area (Å²) in [5.74, 6) is 1.11. The van der Waals surface area contributed by atoms with Crippen molar-refractivity contribution in [3.05, 3.63) is 89.7 Å². The Morgan fingerprint density at radius 3 is 2.79 bits per heavy atom. The van der Waals surface area contributed by atoms with Crippen molar-refractivity contribution in [2.75, 3.05) is 5.32 Å². The third-order valence-electron chi connectivity index (χ3n) is 7.04. The van der Waals surface area contributed by atoms with Crippen molar-refractivity contribution < 1.29 is 0 Å². The van der Waals surface area contributed by atoms with Gasteiger partial charge in [-0.05, 0) is 54.0 Å². The zero-order valence-electron chi connectivity index (χ0n) is 16.9. The zero-order chi connectivity index (χ0) is 19.6. The van der Waals surface area contributed by atoms with Gasteiger partial charge in [0.15, 0.2) is 0 Å². The number of thiophene rings is 1. The SMILES string of the molecule is CC1(C)C2=C(CCC=C2)C2C=CC(Nc3ccc4c(c3)sc3ccccc34)=CC21. The van der Waals surface area contributed by atoms with Crippen LogP contribution in [-0.2, 0) is 0 Å². The highest BCUT2D eigenvalue weighted by Gasteiger charge is 2.46. The van der Waals surface area contributed by atoms with Gasteiger partial charge in [-0.1, -0.05) is 68.0 Å². The van der Waals surface area contributed by atoms with Gasteiger partial charge in [-0.2, -0.15) is 0 Å². The number of hydrogen-bond acceptors (Lipinski definition) is 2. The third kappa shape index (κ3) is 2.59. The summed E-state index contributed by atoms with van der Waals surface area (Å²) in [4.78, 5) is 0. The molecule has 2 heteroatoms. The van der Waals surface area contributed by atoms with Crippen molar-refractivity contribution in [2.45, 2.75) is 26.7 Å². The predicted molar refractivity (Wildman–Crippen MR) is 126 cm³/mol. The molecule has 0 aliphatic heterocycles. The van der Waals surface area contributed by atoms with Gasteiger partial charge in [-0.3, -0.25) is 0 Å². The second-order valence-corrected chi connectivity index (χ2v) is 10.2. The number of rotatable bonds is 2. The molecule has 0 bridgehead atoms. The van der Waals surface area contributed by atoms with Crippen LogP contribution in [0.2, 0.25) is 0 Å². The van der Waals surface area contributed by atoms with Crippen molar-refractivity contribution >= 4 is 37.2 Å². The molecule has 0 amide bonds. The van der Waals surface area contributed by atoms with Gasteiger partial charge in [0, 0.05) is 37.5 Å². The minimum Gasteiger partial charge on any atom is -0.356 e. The molecular weight excluding hydrogens is 370 g/mol. The molecule has 6 rings (SSSR count). The molecule has 1 heterocycles. The minimum atomic E-state index is 0.198. The molecule has 0 saturated heterocycles. The van der Waals surface area contributed by atoms with E-state index in [4.69, 9.17) is 0 Å². The Morgan fingerprint density at radius 2 is 1.86 bits per heavy atom. The topological polar surface area (TPSA) is 12.0 Å². The molecule has 3 aromatic rings. The van der Waals surface area contributed by atoms with Crippen LogP contribution in [0.5, 0.6) is 0 Å². The van der Waals surface area contributed by atoms with Gasteiger partial charge in [-0.25, -0.2) is 0 Å². The fourth-order valence-corrected chi connectivity index (χ4v) is 6.70. The monoisotopic (exact) mass is 395 g/mol. The molecule has 2 aromatic carbocycles. The second-order valence-electron chi connectivity index (χ2n) is 9.07. The first-order valence-electron chi connectivity index (χ1n) is 10.6. The average molecular weight is 396 g/mol. The molecule has 1 N–H and O–H groups in total. The van der Waals surface area contributed by atoms with Crippen LogP contribution in [0.25, 0.3) is 20.2 Å². The Balaban J connectivity index is 1.33. The quantitative estimate of drug-likeness (QED) is 0.466. The van der Waals surface area contributed by atoms with Crippen molar-refractivity contribution in [2.24, 2.45) is 17.3 Å². The standard InChI is InChI=1S/C27H25NS/c1-27(2)23-9-5-3-7-19(23)20-13-11-17(15-24(20)27)28-18-12-14-22-21-8-4-6-10-25(21)29-26(22)16-18/h4-6,8-16,20,24,28H,3,7H2,1-2H3. The first kappa shape index (κ1) is 17.3. The number of fused-ring (bicyclic) bond motifs is 5. The van der Waals surface area contributed by atoms with E-state index in [-0.39, 0.29) is 5.41 Å². The number of nitrogens with one attached hydrogen (secondary N) is 1. The normalized spacial score (nSPS) is 24.7. The number of hydrogen-bond donors (Lipinski definition) is 1. The first-order chi connectivity index (χ1) is 14.1. The summed E-state index contributed by atoms with van der Waals surface area (Å²) in [6.07, 6.45) is 14.4. The average Bonchev–Trinajstić information content (AvgIpc) is 3.21. The molecular formula is C27H25NS. The van der Waals surface area contributed by atoms with E-state index in [2.05, 4.69) is 92.0 Å². The molecule has 0 spiro atoms. The number of benzene rings is 2. The molecule has 1 nitrogen and oxygen atoms in total. The fraction of sp³-hybridized carbons (Fsp3) is 0.259. The molecule has 144 valence electrons. The van der Waals surface area contributed by atoms with Crippen LogP contribution >= 0.6 is 11.3 Å². The lowest BCUT2D eigenvalue weighted by Crippen LogP contribution is -2.25. The molecule has 0 radical (unpaired) electrons. The Morgan fingerprint density at radius 1 is 1.00 bits per heavy atom. The van der Waals surface area contributed by atoms with Crippen LogP contribution in [-0.4, -0.2) is 0 Å². The molecule has 29 heavy (non-hydrogen) atoms. The summed E-state index contributed by atoms with van der Waals surface area (Å²) in [5, 5.41) is 6.40. The summed E-state index contributed by atoms with van der Waals surface area (Å²) in [5.41, 5.74) is 5.84. The predicted octanol–water partition coefficient (Wildman–Crippen LogP) is 7.84. The Hall–Kier alpha value is -2.58. The van der Waals surface area contributed by atoms with Gasteiger partial charge >= 0.3 is 0 Å². The van der Waals surface area contributed by atoms with E-state index in [9.17, 15) is 0 Å². The van der Waals surface area contributed by atoms with Gasteiger partial charge < -0.3 is 5.32 Å². The van der Waals surface area contributed by atoms with Gasteiger partial charge in [-0.15, -0.1) is 11.3 Å². The van der Waals surface area contributed by atoms with Gasteiger partial charge in [0.05, 0.1) is 0 Å². The van der Waals surface area contributed by atoms with Crippen molar-refractivity contribution in [3.8, 4) is 0 Å². The Kier molecular flexibility index (Phi) is 3.70. The first-order valence-corrected chi connectivity index (χ1v) is 11.4. The lowest BCUT2D eigenvalue weighted by molar-refractivity contribution is 0.318. The Labute approximate surface area is 176 Å². The smallest absolute Gasteiger partial charge is 0.0398 e. The largest absolute Gasteiger partial charge is 0.356 e. The van der Waals surface area contributed by atoms with Crippen LogP contribution in [0.15, 0.2) is 89.7 Å². The molecule has 0 fully saturated rings. The number of anilines is 1. The fourth-order valence-electron chi connectivity index (χ4n) is 5.56. The maximum Gasteiger partial charge on any atom is 0.0398 e. The molecule has 3 aliphatic rings. The molecule has 0 saturated carbocycles. The third-order valence-corrected chi connectivity index (χ3v) is 8.17. The van der Waals surface area contributed by atoms with E-state index in [1.165, 1.54) is 44.4 Å². The van der Waals surface area contributed by atoms with Gasteiger partial charge in [0.1, 0.15) is 0 Å². The maximum absolute atomic E-state index is 3.69. The lowest BCUT2D eigenvalue weighted by Gasteiger charge is -2.32. The van der Waals surface area contributed by atoms with Crippen molar-refractivity contribution in [1.82, 2.24) is 0 Å². The van der Waals surface area contributed by atoms with Crippen LogP contribution in [0, 0.1) is 17.3 Å².